The van der Waals surface area contributed by atoms with Crippen molar-refractivity contribution >= 4 is 32.6 Å². The van der Waals surface area contributed by atoms with Crippen LogP contribution in [0.2, 0.25) is 0 Å². The van der Waals surface area contributed by atoms with Crippen LogP contribution in [-0.4, -0.2) is 41.3 Å². The van der Waals surface area contributed by atoms with Gasteiger partial charge in [-0.2, -0.15) is 12.7 Å². The number of benzene rings is 2. The Kier molecular flexibility index (Phi) is 6.81. The monoisotopic (exact) mass is 496 g/mol. The zero-order valence-electron chi connectivity index (χ0n) is 19.5. The lowest BCUT2D eigenvalue weighted by molar-refractivity contribution is 0.466. The number of pyridine rings is 1. The molecular weight excluding hydrogens is 471 g/mol. The molecule has 0 bridgehead atoms. The molecule has 0 aliphatic heterocycles. The Morgan fingerprint density at radius 1 is 1.09 bits per heavy atom. The lowest BCUT2D eigenvalue weighted by Gasteiger charge is -2.20. The van der Waals surface area contributed by atoms with E-state index in [0.717, 1.165) is 9.87 Å². The molecule has 0 atom stereocenters. The highest BCUT2D eigenvalue weighted by Gasteiger charge is 2.22. The van der Waals surface area contributed by atoms with Gasteiger partial charge < -0.3 is 10.5 Å². The molecule has 182 valence electrons. The summed E-state index contributed by atoms with van der Waals surface area (Å²) in [6, 6.07) is 11.4. The van der Waals surface area contributed by atoms with Crippen LogP contribution >= 0.6 is 0 Å². The minimum Gasteiger partial charge on any atom is -0.437 e. The second-order valence-corrected chi connectivity index (χ2v) is 9.69. The summed E-state index contributed by atoms with van der Waals surface area (Å²) in [4.78, 5) is 12.5. The fourth-order valence-corrected chi connectivity index (χ4v) is 4.67. The first-order valence-electron chi connectivity index (χ1n) is 10.9. The van der Waals surface area contributed by atoms with Gasteiger partial charge in [-0.05, 0) is 49.2 Å². The lowest BCUT2D eigenvalue weighted by atomic mass is 10.0. The number of hydrogen-bond donors (Lipinski definition) is 2. The quantitative estimate of drug-likeness (QED) is 0.368. The fraction of sp³-hybridized carbons (Fsp3) is 0.208. The third kappa shape index (κ3) is 5.00. The maximum Gasteiger partial charge on any atom is 0.301 e. The molecule has 0 saturated carbocycles. The van der Waals surface area contributed by atoms with Crippen LogP contribution in [0.15, 0.2) is 54.9 Å². The second kappa shape index (κ2) is 9.80. The number of nitrogens with zero attached hydrogens (tertiary/aromatic N) is 4. The number of nitrogens with two attached hydrogens (primary N) is 1. The predicted molar refractivity (Wildman–Crippen MR) is 134 cm³/mol. The number of anilines is 2. The molecule has 2 aromatic heterocycles. The first-order chi connectivity index (χ1) is 16.7. The fourth-order valence-electron chi connectivity index (χ4n) is 3.63. The largest absolute Gasteiger partial charge is 0.437 e. The average molecular weight is 497 g/mol. The Morgan fingerprint density at radius 2 is 1.86 bits per heavy atom. The van der Waals surface area contributed by atoms with Gasteiger partial charge in [0.1, 0.15) is 11.6 Å². The Labute approximate surface area is 203 Å². The summed E-state index contributed by atoms with van der Waals surface area (Å²) >= 11 is 0. The van der Waals surface area contributed by atoms with Crippen LogP contribution in [0.5, 0.6) is 11.6 Å². The molecule has 3 N–H and O–H groups in total. The van der Waals surface area contributed by atoms with Crippen LogP contribution < -0.4 is 15.2 Å². The highest BCUT2D eigenvalue weighted by Crippen LogP contribution is 2.39. The van der Waals surface area contributed by atoms with E-state index in [-0.39, 0.29) is 17.5 Å². The molecule has 4 rings (SSSR count). The summed E-state index contributed by atoms with van der Waals surface area (Å²) in [6.07, 6.45) is 3.73. The number of ether oxygens (including phenoxy) is 1. The number of fused-ring (bicyclic) bond motifs is 1. The van der Waals surface area contributed by atoms with Gasteiger partial charge >= 0.3 is 10.2 Å². The Balaban J connectivity index is 1.81. The van der Waals surface area contributed by atoms with Gasteiger partial charge in [0, 0.05) is 36.8 Å². The van der Waals surface area contributed by atoms with E-state index >= 15 is 0 Å². The summed E-state index contributed by atoms with van der Waals surface area (Å²) in [5.74, 6) is 0.0806. The van der Waals surface area contributed by atoms with E-state index in [1.54, 1.807) is 42.6 Å². The van der Waals surface area contributed by atoms with E-state index in [1.807, 2.05) is 13.8 Å². The van der Waals surface area contributed by atoms with E-state index in [0.29, 0.717) is 40.7 Å². The third-order valence-corrected chi connectivity index (χ3v) is 6.86. The molecule has 0 aliphatic carbocycles. The normalized spacial score (nSPS) is 11.7. The standard InChI is InChI=1S/C24H25FN6O3S/c1-4-14-31(3)35(32,33)30-21-16-8-7-15(2)22(17(16)9-10-19(21)25)34-23-18(6-5-12-27-23)20-11-13-28-24(26)29-20/h5-13,30H,4,14H2,1-3H3,(H2,26,28,29). The number of nitrogen functional groups attached to an aromatic ring is 1. The van der Waals surface area contributed by atoms with E-state index in [2.05, 4.69) is 19.7 Å². The molecule has 4 aromatic rings. The van der Waals surface area contributed by atoms with Gasteiger partial charge in [0.05, 0.1) is 16.9 Å². The zero-order chi connectivity index (χ0) is 25.2. The molecule has 0 spiro atoms. The van der Waals surface area contributed by atoms with Crippen LogP contribution in [0.1, 0.15) is 18.9 Å². The Morgan fingerprint density at radius 3 is 2.60 bits per heavy atom. The predicted octanol–water partition coefficient (Wildman–Crippen LogP) is 4.51. The number of rotatable bonds is 8. The highest BCUT2D eigenvalue weighted by atomic mass is 32.2. The van der Waals surface area contributed by atoms with E-state index in [4.69, 9.17) is 10.5 Å². The van der Waals surface area contributed by atoms with Gasteiger partial charge in [-0.25, -0.2) is 19.3 Å². The number of aryl methyl sites for hydroxylation is 1. The van der Waals surface area contributed by atoms with E-state index < -0.39 is 16.0 Å². The van der Waals surface area contributed by atoms with Crippen LogP contribution in [0.3, 0.4) is 0 Å². The SMILES string of the molecule is CCCN(C)S(=O)(=O)Nc1c(F)ccc2c(Oc3ncccc3-c3ccnc(N)n3)c(C)ccc12. The number of nitrogens with one attached hydrogen (secondary N) is 1. The third-order valence-electron chi connectivity index (χ3n) is 5.40. The van der Waals surface area contributed by atoms with Crippen molar-refractivity contribution < 1.29 is 17.5 Å². The maximum atomic E-state index is 14.9. The van der Waals surface area contributed by atoms with Crippen molar-refractivity contribution in [3.05, 3.63) is 66.2 Å². The molecule has 0 fully saturated rings. The van der Waals surface area contributed by atoms with Crippen LogP contribution in [0.25, 0.3) is 22.0 Å². The first kappa shape index (κ1) is 24.3. The van der Waals surface area contributed by atoms with E-state index in [1.165, 1.54) is 19.3 Å². The molecule has 35 heavy (non-hydrogen) atoms. The summed E-state index contributed by atoms with van der Waals surface area (Å²) in [7, 11) is -2.51. The lowest BCUT2D eigenvalue weighted by Crippen LogP contribution is -2.33. The van der Waals surface area contributed by atoms with Gasteiger partial charge in [-0.15, -0.1) is 0 Å². The van der Waals surface area contributed by atoms with Crippen molar-refractivity contribution in [2.75, 3.05) is 24.0 Å². The molecule has 2 aromatic carbocycles. The van der Waals surface area contributed by atoms with E-state index in [9.17, 15) is 12.8 Å². The molecule has 0 saturated heterocycles. The highest BCUT2D eigenvalue weighted by molar-refractivity contribution is 7.90. The van der Waals surface area contributed by atoms with Gasteiger partial charge in [-0.1, -0.05) is 19.1 Å². The number of halogens is 1. The first-order valence-corrected chi connectivity index (χ1v) is 12.3. The van der Waals surface area contributed by atoms with Gasteiger partial charge in [-0.3, -0.25) is 4.72 Å². The molecule has 9 nitrogen and oxygen atoms in total. The average Bonchev–Trinajstić information content (AvgIpc) is 2.83. The van der Waals surface area contributed by atoms with Gasteiger partial charge in [0.25, 0.3) is 0 Å². The smallest absolute Gasteiger partial charge is 0.301 e. The van der Waals surface area contributed by atoms with Crippen LogP contribution in [0.4, 0.5) is 16.0 Å². The minimum absolute atomic E-state index is 0.110. The second-order valence-electron chi connectivity index (χ2n) is 7.92. The van der Waals surface area contributed by atoms with Crippen molar-refractivity contribution in [1.29, 1.82) is 0 Å². The molecule has 0 aliphatic rings. The topological polar surface area (TPSA) is 123 Å². The molecule has 0 radical (unpaired) electrons. The van der Waals surface area contributed by atoms with Crippen LogP contribution in [0, 0.1) is 12.7 Å². The summed E-state index contributed by atoms with van der Waals surface area (Å²) in [5.41, 5.74) is 7.45. The van der Waals surface area contributed by atoms with Crippen LogP contribution in [-0.2, 0) is 10.2 Å². The summed E-state index contributed by atoms with van der Waals surface area (Å²) < 4.78 is 50.1. The van der Waals surface area contributed by atoms with Gasteiger partial charge in [0.15, 0.2) is 0 Å². The Bertz CT molecular complexity index is 1500. The number of hydrogen-bond acceptors (Lipinski definition) is 7. The molecule has 11 heteroatoms. The molecule has 2 heterocycles. The zero-order valence-corrected chi connectivity index (χ0v) is 20.3. The van der Waals surface area contributed by atoms with Gasteiger partial charge in [0.2, 0.25) is 11.8 Å². The Hall–Kier alpha value is -3.83. The van der Waals surface area contributed by atoms with Crippen molar-refractivity contribution in [3.63, 3.8) is 0 Å². The molecule has 0 amide bonds. The molecule has 0 unspecified atom stereocenters. The van der Waals surface area contributed by atoms with Crippen molar-refractivity contribution in [2.45, 2.75) is 20.3 Å². The number of aromatic nitrogens is 3. The van der Waals surface area contributed by atoms with Crippen molar-refractivity contribution in [2.24, 2.45) is 0 Å². The maximum absolute atomic E-state index is 14.9. The summed E-state index contributed by atoms with van der Waals surface area (Å²) in [6.45, 7) is 3.99. The molecular formula is C24H25FN6O3S. The summed E-state index contributed by atoms with van der Waals surface area (Å²) in [5, 5.41) is 0.865. The van der Waals surface area contributed by atoms with Crippen molar-refractivity contribution in [3.8, 4) is 22.9 Å². The minimum atomic E-state index is -3.95. The van der Waals surface area contributed by atoms with Crippen molar-refractivity contribution in [1.82, 2.24) is 19.3 Å².